The summed E-state index contributed by atoms with van der Waals surface area (Å²) >= 11 is 0. The molecular weight excluding hydrogens is 231 g/mol. The van der Waals surface area contributed by atoms with Crippen LogP contribution >= 0.6 is 0 Å². The van der Waals surface area contributed by atoms with E-state index in [1.54, 1.807) is 12.3 Å². The first-order chi connectivity index (χ1) is 8.58. The van der Waals surface area contributed by atoms with Crippen LogP contribution in [0.2, 0.25) is 0 Å². The van der Waals surface area contributed by atoms with Crippen molar-refractivity contribution in [3.05, 3.63) is 47.8 Å². The van der Waals surface area contributed by atoms with Crippen molar-refractivity contribution in [2.45, 2.75) is 32.4 Å². The lowest BCUT2D eigenvalue weighted by atomic mass is 10.1. The van der Waals surface area contributed by atoms with Crippen LogP contribution in [0.15, 0.2) is 30.6 Å². The fraction of sp³-hybridized carbons (Fsp3) is 0.385. The van der Waals surface area contributed by atoms with Crippen LogP contribution in [0, 0.1) is 5.82 Å². The fourth-order valence-corrected chi connectivity index (χ4v) is 1.77. The Kier molecular flexibility index (Phi) is 3.72. The number of pyridine rings is 1. The van der Waals surface area contributed by atoms with E-state index in [9.17, 15) is 4.39 Å². The Morgan fingerprint density at radius 1 is 1.39 bits per heavy atom. The Morgan fingerprint density at radius 2 is 2.17 bits per heavy atom. The zero-order valence-electron chi connectivity index (χ0n) is 10.5. The second-order valence-electron chi connectivity index (χ2n) is 4.56. The van der Waals surface area contributed by atoms with E-state index in [2.05, 4.69) is 23.9 Å². The summed E-state index contributed by atoms with van der Waals surface area (Å²) in [5, 5.41) is 4.39. The van der Waals surface area contributed by atoms with Crippen molar-refractivity contribution < 1.29 is 4.39 Å². The largest absolute Gasteiger partial charge is 0.322 e. The number of nitrogens with two attached hydrogens (primary N) is 1. The zero-order valence-corrected chi connectivity index (χ0v) is 10.5. The number of rotatable bonds is 4. The smallest absolute Gasteiger partial charge is 0.146 e. The molecule has 0 bridgehead atoms. The lowest BCUT2D eigenvalue weighted by Crippen LogP contribution is -2.17. The van der Waals surface area contributed by atoms with E-state index in [0.717, 1.165) is 5.69 Å². The van der Waals surface area contributed by atoms with Crippen LogP contribution in [0.1, 0.15) is 37.3 Å². The molecule has 0 fully saturated rings. The fourth-order valence-electron chi connectivity index (χ4n) is 1.77. The van der Waals surface area contributed by atoms with Gasteiger partial charge >= 0.3 is 0 Å². The van der Waals surface area contributed by atoms with Crippen molar-refractivity contribution in [1.82, 2.24) is 14.8 Å². The number of hydrogen-bond donors (Lipinski definition) is 1. The molecule has 0 aliphatic heterocycles. The highest BCUT2D eigenvalue weighted by atomic mass is 19.1. The SMILES string of the molecule is CC(C)n1ccc(CC(N)c2ncccc2F)n1. The van der Waals surface area contributed by atoms with E-state index in [1.165, 1.54) is 6.07 Å². The Labute approximate surface area is 106 Å². The summed E-state index contributed by atoms with van der Waals surface area (Å²) in [4.78, 5) is 3.98. The van der Waals surface area contributed by atoms with Crippen molar-refractivity contribution in [3.63, 3.8) is 0 Å². The molecule has 1 unspecified atom stereocenters. The minimum absolute atomic E-state index is 0.289. The minimum Gasteiger partial charge on any atom is -0.322 e. The molecule has 2 aromatic heterocycles. The van der Waals surface area contributed by atoms with E-state index >= 15 is 0 Å². The maximum atomic E-state index is 13.5. The van der Waals surface area contributed by atoms with Gasteiger partial charge in [-0.3, -0.25) is 9.67 Å². The average Bonchev–Trinajstić information content (AvgIpc) is 2.78. The number of nitrogens with zero attached hydrogens (tertiary/aromatic N) is 3. The van der Waals surface area contributed by atoms with Gasteiger partial charge in [0, 0.05) is 24.9 Å². The Balaban J connectivity index is 2.11. The van der Waals surface area contributed by atoms with Crippen LogP contribution in [-0.2, 0) is 6.42 Å². The van der Waals surface area contributed by atoms with Gasteiger partial charge in [0.1, 0.15) is 5.82 Å². The first-order valence-electron chi connectivity index (χ1n) is 5.98. The molecule has 96 valence electrons. The van der Waals surface area contributed by atoms with Crippen LogP contribution in [-0.4, -0.2) is 14.8 Å². The van der Waals surface area contributed by atoms with Crippen molar-refractivity contribution >= 4 is 0 Å². The summed E-state index contributed by atoms with van der Waals surface area (Å²) in [6.07, 6.45) is 3.93. The topological polar surface area (TPSA) is 56.7 Å². The van der Waals surface area contributed by atoms with Gasteiger partial charge in [-0.05, 0) is 32.0 Å². The van der Waals surface area contributed by atoms with E-state index in [0.29, 0.717) is 12.5 Å². The molecule has 0 spiro atoms. The molecule has 0 saturated heterocycles. The standard InChI is InChI=1S/C13H17FN4/c1-9(2)18-7-5-10(17-18)8-12(15)13-11(14)4-3-6-16-13/h3-7,9,12H,8,15H2,1-2H3. The Bertz CT molecular complexity index is 521. The highest BCUT2D eigenvalue weighted by molar-refractivity contribution is 5.14. The highest BCUT2D eigenvalue weighted by Crippen LogP contribution is 2.16. The quantitative estimate of drug-likeness (QED) is 0.902. The van der Waals surface area contributed by atoms with Crippen LogP contribution in [0.25, 0.3) is 0 Å². The molecule has 0 amide bonds. The van der Waals surface area contributed by atoms with Gasteiger partial charge in [0.25, 0.3) is 0 Å². The van der Waals surface area contributed by atoms with Crippen molar-refractivity contribution in [1.29, 1.82) is 0 Å². The minimum atomic E-state index is -0.471. The lowest BCUT2D eigenvalue weighted by Gasteiger charge is -2.10. The van der Waals surface area contributed by atoms with Crippen molar-refractivity contribution in [2.75, 3.05) is 0 Å². The second-order valence-corrected chi connectivity index (χ2v) is 4.56. The monoisotopic (exact) mass is 248 g/mol. The van der Waals surface area contributed by atoms with Crippen LogP contribution < -0.4 is 5.73 Å². The molecule has 1 atom stereocenters. The molecule has 0 saturated carbocycles. The Hall–Kier alpha value is -1.75. The molecule has 0 radical (unpaired) electrons. The van der Waals surface area contributed by atoms with E-state index < -0.39 is 6.04 Å². The normalized spacial score (nSPS) is 12.9. The van der Waals surface area contributed by atoms with Crippen LogP contribution in [0.5, 0.6) is 0 Å². The van der Waals surface area contributed by atoms with Gasteiger partial charge in [0.15, 0.2) is 0 Å². The maximum absolute atomic E-state index is 13.5. The maximum Gasteiger partial charge on any atom is 0.146 e. The highest BCUT2D eigenvalue weighted by Gasteiger charge is 2.14. The molecule has 2 aromatic rings. The van der Waals surface area contributed by atoms with Gasteiger partial charge < -0.3 is 5.73 Å². The summed E-state index contributed by atoms with van der Waals surface area (Å²) in [7, 11) is 0. The van der Waals surface area contributed by atoms with Gasteiger partial charge in [-0.15, -0.1) is 0 Å². The third-order valence-electron chi connectivity index (χ3n) is 2.76. The summed E-state index contributed by atoms with van der Waals surface area (Å²) in [5.74, 6) is -0.367. The van der Waals surface area contributed by atoms with Crippen molar-refractivity contribution in [3.8, 4) is 0 Å². The third-order valence-corrected chi connectivity index (χ3v) is 2.76. The molecule has 2 rings (SSSR count). The Morgan fingerprint density at radius 3 is 2.78 bits per heavy atom. The molecule has 2 N–H and O–H groups in total. The van der Waals surface area contributed by atoms with Gasteiger partial charge in [0.2, 0.25) is 0 Å². The number of hydrogen-bond acceptors (Lipinski definition) is 3. The van der Waals surface area contributed by atoms with Gasteiger partial charge in [-0.25, -0.2) is 4.39 Å². The first-order valence-corrected chi connectivity index (χ1v) is 5.98. The molecular formula is C13H17FN4. The first kappa shape index (κ1) is 12.7. The van der Waals surface area contributed by atoms with Crippen molar-refractivity contribution in [2.24, 2.45) is 5.73 Å². The molecule has 0 aliphatic rings. The zero-order chi connectivity index (χ0) is 13.1. The average molecular weight is 248 g/mol. The van der Waals surface area contributed by atoms with Crippen LogP contribution in [0.4, 0.5) is 4.39 Å². The summed E-state index contributed by atoms with van der Waals surface area (Å²) in [6, 6.07) is 4.66. The molecule has 18 heavy (non-hydrogen) atoms. The lowest BCUT2D eigenvalue weighted by molar-refractivity contribution is 0.517. The third kappa shape index (κ3) is 2.73. The van der Waals surface area contributed by atoms with Gasteiger partial charge in [-0.1, -0.05) is 0 Å². The molecule has 2 heterocycles. The van der Waals surface area contributed by atoms with Gasteiger partial charge in [-0.2, -0.15) is 5.10 Å². The molecule has 0 aromatic carbocycles. The molecule has 4 nitrogen and oxygen atoms in total. The summed E-state index contributed by atoms with van der Waals surface area (Å²) in [5.41, 5.74) is 7.10. The predicted octanol–water partition coefficient (Wildman–Crippen LogP) is 2.24. The number of halogens is 1. The molecule has 5 heteroatoms. The van der Waals surface area contributed by atoms with E-state index in [1.807, 2.05) is 16.9 Å². The second kappa shape index (κ2) is 5.27. The van der Waals surface area contributed by atoms with E-state index in [-0.39, 0.29) is 11.5 Å². The van der Waals surface area contributed by atoms with Crippen LogP contribution in [0.3, 0.4) is 0 Å². The predicted molar refractivity (Wildman–Crippen MR) is 67.4 cm³/mol. The summed E-state index contributed by atoms with van der Waals surface area (Å²) < 4.78 is 15.4. The molecule has 0 aliphatic carbocycles. The summed E-state index contributed by atoms with van der Waals surface area (Å²) in [6.45, 7) is 4.10. The number of aromatic nitrogens is 3. The van der Waals surface area contributed by atoms with E-state index in [4.69, 9.17) is 5.73 Å². The van der Waals surface area contributed by atoms with Gasteiger partial charge in [0.05, 0.1) is 17.4 Å².